The molecule has 21 heavy (non-hydrogen) atoms. The van der Waals surface area contributed by atoms with E-state index in [0.29, 0.717) is 5.69 Å². The average Bonchev–Trinajstić information content (AvgIpc) is 2.69. The highest BCUT2D eigenvalue weighted by Crippen LogP contribution is 2.29. The van der Waals surface area contributed by atoms with Crippen LogP contribution in [-0.4, -0.2) is 19.7 Å². The van der Waals surface area contributed by atoms with Gasteiger partial charge in [0.1, 0.15) is 0 Å². The summed E-state index contributed by atoms with van der Waals surface area (Å²) in [5, 5.41) is 4.35. The summed E-state index contributed by atoms with van der Waals surface area (Å²) in [5.41, 5.74) is 2.27. The molecule has 5 nitrogen and oxygen atoms in total. The highest BCUT2D eigenvalue weighted by molar-refractivity contribution is 7.92. The summed E-state index contributed by atoms with van der Waals surface area (Å²) in [5.74, 6) is 0. The van der Waals surface area contributed by atoms with Gasteiger partial charge < -0.3 is 5.32 Å². The van der Waals surface area contributed by atoms with Crippen LogP contribution < -0.4 is 10.0 Å². The Kier molecular flexibility index (Phi) is 4.53. The summed E-state index contributed by atoms with van der Waals surface area (Å²) in [7, 11) is -3.31. The number of thiazole rings is 1. The number of anilines is 2. The minimum Gasteiger partial charge on any atom is -0.375 e. The third kappa shape index (κ3) is 4.18. The number of hydrogen-bond donors (Lipinski definition) is 2. The summed E-state index contributed by atoms with van der Waals surface area (Å²) >= 11 is 1.66. The quantitative estimate of drug-likeness (QED) is 0.885. The SMILES string of the molecule is Cc1nc(C(C)Nc2ccccc2NS(C)(=O)=O)c(C)s1. The van der Waals surface area contributed by atoms with Crippen molar-refractivity contribution in [3.8, 4) is 0 Å². The number of aryl methyl sites for hydroxylation is 2. The Morgan fingerprint density at radius 3 is 2.33 bits per heavy atom. The largest absolute Gasteiger partial charge is 0.375 e. The van der Waals surface area contributed by atoms with E-state index in [-0.39, 0.29) is 6.04 Å². The lowest BCUT2D eigenvalue weighted by Gasteiger charge is -2.17. The minimum atomic E-state index is -3.31. The summed E-state index contributed by atoms with van der Waals surface area (Å²) < 4.78 is 25.4. The van der Waals surface area contributed by atoms with Gasteiger partial charge in [0.2, 0.25) is 10.0 Å². The molecule has 7 heteroatoms. The van der Waals surface area contributed by atoms with E-state index in [0.717, 1.165) is 22.6 Å². The van der Waals surface area contributed by atoms with Crippen LogP contribution in [0, 0.1) is 13.8 Å². The second-order valence-electron chi connectivity index (χ2n) is 4.96. The number of aromatic nitrogens is 1. The lowest BCUT2D eigenvalue weighted by molar-refractivity contribution is 0.607. The molecule has 0 fully saturated rings. The van der Waals surface area contributed by atoms with Crippen molar-refractivity contribution in [2.45, 2.75) is 26.8 Å². The molecule has 114 valence electrons. The standard InChI is InChI=1S/C14H19N3O2S2/c1-9(14-10(2)20-11(3)16-14)15-12-7-5-6-8-13(12)17-21(4,18)19/h5-9,15,17H,1-4H3. The van der Waals surface area contributed by atoms with Crippen LogP contribution in [0.5, 0.6) is 0 Å². The maximum absolute atomic E-state index is 11.4. The molecule has 1 aromatic heterocycles. The van der Waals surface area contributed by atoms with Crippen LogP contribution in [0.15, 0.2) is 24.3 Å². The first-order valence-corrected chi connectivity index (χ1v) is 9.24. The molecule has 0 bridgehead atoms. The van der Waals surface area contributed by atoms with Crippen molar-refractivity contribution < 1.29 is 8.42 Å². The molecule has 0 aliphatic rings. The monoisotopic (exact) mass is 325 g/mol. The van der Waals surface area contributed by atoms with E-state index < -0.39 is 10.0 Å². The van der Waals surface area contributed by atoms with Crippen LogP contribution in [0.3, 0.4) is 0 Å². The van der Waals surface area contributed by atoms with E-state index in [1.807, 2.05) is 32.9 Å². The Bertz CT molecular complexity index is 738. The van der Waals surface area contributed by atoms with Crippen molar-refractivity contribution in [2.24, 2.45) is 0 Å². The normalized spacial score (nSPS) is 13.0. The second kappa shape index (κ2) is 6.03. The van der Waals surface area contributed by atoms with Crippen molar-refractivity contribution >= 4 is 32.7 Å². The van der Waals surface area contributed by atoms with Crippen molar-refractivity contribution in [2.75, 3.05) is 16.3 Å². The zero-order chi connectivity index (χ0) is 15.6. The maximum Gasteiger partial charge on any atom is 0.229 e. The van der Waals surface area contributed by atoms with Crippen LogP contribution >= 0.6 is 11.3 Å². The number of nitrogens with one attached hydrogen (secondary N) is 2. The number of para-hydroxylation sites is 2. The zero-order valence-corrected chi connectivity index (χ0v) is 14.1. The molecular formula is C14H19N3O2S2. The van der Waals surface area contributed by atoms with E-state index in [2.05, 4.69) is 15.0 Å². The fourth-order valence-corrected chi connectivity index (χ4v) is 3.64. The molecule has 0 amide bonds. The molecule has 0 aliphatic heterocycles. The highest BCUT2D eigenvalue weighted by atomic mass is 32.2. The van der Waals surface area contributed by atoms with Gasteiger partial charge in [0.15, 0.2) is 0 Å². The fraction of sp³-hybridized carbons (Fsp3) is 0.357. The lowest BCUT2D eigenvalue weighted by atomic mass is 10.2. The van der Waals surface area contributed by atoms with Gasteiger partial charge in [0, 0.05) is 4.88 Å². The van der Waals surface area contributed by atoms with Gasteiger partial charge in [-0.2, -0.15) is 0 Å². The first kappa shape index (κ1) is 15.8. The van der Waals surface area contributed by atoms with Crippen LogP contribution in [0.25, 0.3) is 0 Å². The van der Waals surface area contributed by atoms with Crippen LogP contribution in [0.2, 0.25) is 0 Å². The molecule has 2 N–H and O–H groups in total. The smallest absolute Gasteiger partial charge is 0.229 e. The van der Waals surface area contributed by atoms with Crippen molar-refractivity contribution in [3.05, 3.63) is 39.8 Å². The lowest BCUT2D eigenvalue weighted by Crippen LogP contribution is -2.14. The molecule has 1 heterocycles. The van der Waals surface area contributed by atoms with E-state index in [9.17, 15) is 8.42 Å². The second-order valence-corrected chi connectivity index (χ2v) is 8.12. The van der Waals surface area contributed by atoms with E-state index in [1.165, 1.54) is 4.88 Å². The van der Waals surface area contributed by atoms with Gasteiger partial charge >= 0.3 is 0 Å². The topological polar surface area (TPSA) is 71.1 Å². The van der Waals surface area contributed by atoms with Gasteiger partial charge in [0.25, 0.3) is 0 Å². The minimum absolute atomic E-state index is 0.00235. The van der Waals surface area contributed by atoms with Gasteiger partial charge in [-0.1, -0.05) is 12.1 Å². The zero-order valence-electron chi connectivity index (χ0n) is 12.5. The first-order chi connectivity index (χ1) is 9.76. The number of sulfonamides is 1. The average molecular weight is 325 g/mol. The molecule has 0 aliphatic carbocycles. The van der Waals surface area contributed by atoms with Crippen LogP contribution in [0.1, 0.15) is 28.5 Å². The van der Waals surface area contributed by atoms with Gasteiger partial charge in [-0.05, 0) is 32.9 Å². The summed E-state index contributed by atoms with van der Waals surface area (Å²) in [4.78, 5) is 5.70. The number of rotatable bonds is 5. The third-order valence-electron chi connectivity index (χ3n) is 2.94. The van der Waals surface area contributed by atoms with E-state index in [1.54, 1.807) is 23.5 Å². The molecule has 0 spiro atoms. The molecule has 1 aromatic carbocycles. The molecule has 0 saturated heterocycles. The number of nitrogens with zero attached hydrogens (tertiary/aromatic N) is 1. The molecular weight excluding hydrogens is 306 g/mol. The third-order valence-corrected chi connectivity index (χ3v) is 4.44. The highest BCUT2D eigenvalue weighted by Gasteiger charge is 2.15. The Morgan fingerprint density at radius 1 is 1.19 bits per heavy atom. The molecule has 2 rings (SSSR count). The van der Waals surface area contributed by atoms with Gasteiger partial charge in [-0.15, -0.1) is 11.3 Å². The molecule has 0 radical (unpaired) electrons. The molecule has 1 atom stereocenters. The predicted octanol–water partition coefficient (Wildman–Crippen LogP) is 3.30. The van der Waals surface area contributed by atoms with Crippen molar-refractivity contribution in [3.63, 3.8) is 0 Å². The van der Waals surface area contributed by atoms with E-state index in [4.69, 9.17) is 0 Å². The Labute approximate surface area is 129 Å². The van der Waals surface area contributed by atoms with Crippen LogP contribution in [-0.2, 0) is 10.0 Å². The Balaban J connectivity index is 2.25. The molecule has 1 unspecified atom stereocenters. The number of hydrogen-bond acceptors (Lipinski definition) is 5. The summed E-state index contributed by atoms with van der Waals surface area (Å²) in [6, 6.07) is 7.23. The number of benzene rings is 1. The van der Waals surface area contributed by atoms with E-state index >= 15 is 0 Å². The Morgan fingerprint density at radius 2 is 1.81 bits per heavy atom. The van der Waals surface area contributed by atoms with Crippen molar-refractivity contribution in [1.82, 2.24) is 4.98 Å². The molecule has 0 saturated carbocycles. The molecule has 2 aromatic rings. The van der Waals surface area contributed by atoms with Gasteiger partial charge in [-0.3, -0.25) is 4.72 Å². The van der Waals surface area contributed by atoms with Gasteiger partial charge in [0.05, 0.1) is 34.4 Å². The first-order valence-electron chi connectivity index (χ1n) is 6.53. The van der Waals surface area contributed by atoms with Crippen molar-refractivity contribution in [1.29, 1.82) is 0 Å². The summed E-state index contributed by atoms with van der Waals surface area (Å²) in [6.45, 7) is 6.03. The Hall–Kier alpha value is -1.60. The van der Waals surface area contributed by atoms with Crippen LogP contribution in [0.4, 0.5) is 11.4 Å². The van der Waals surface area contributed by atoms with Gasteiger partial charge in [-0.25, -0.2) is 13.4 Å². The predicted molar refractivity (Wildman–Crippen MR) is 88.5 cm³/mol. The summed E-state index contributed by atoms with van der Waals surface area (Å²) in [6.07, 6.45) is 1.14. The maximum atomic E-state index is 11.4. The fourth-order valence-electron chi connectivity index (χ4n) is 2.15.